The third-order valence-corrected chi connectivity index (χ3v) is 5.88. The summed E-state index contributed by atoms with van der Waals surface area (Å²) in [6.07, 6.45) is 7.53. The number of nitrogens with one attached hydrogen (secondary N) is 1. The SMILES string of the molecule is Cc1nc2c(c(NC[C@H]3CCCN3S(C)(=O)=O)n1)CCCC2. The second-order valence-electron chi connectivity index (χ2n) is 6.30. The van der Waals surface area contributed by atoms with Crippen LogP contribution in [0.5, 0.6) is 0 Å². The first kappa shape index (κ1) is 15.7. The van der Waals surface area contributed by atoms with Crippen LogP contribution in [0.4, 0.5) is 5.82 Å². The van der Waals surface area contributed by atoms with Crippen LogP contribution in [0, 0.1) is 6.92 Å². The highest BCUT2D eigenvalue weighted by Gasteiger charge is 2.31. The molecule has 1 aromatic heterocycles. The van der Waals surface area contributed by atoms with Gasteiger partial charge in [0.15, 0.2) is 0 Å². The quantitative estimate of drug-likeness (QED) is 0.908. The zero-order valence-electron chi connectivity index (χ0n) is 13.3. The maximum Gasteiger partial charge on any atom is 0.211 e. The van der Waals surface area contributed by atoms with E-state index < -0.39 is 10.0 Å². The number of aromatic nitrogens is 2. The average molecular weight is 324 g/mol. The number of nitrogens with zero attached hydrogens (tertiary/aromatic N) is 3. The minimum Gasteiger partial charge on any atom is -0.368 e. The van der Waals surface area contributed by atoms with Gasteiger partial charge in [-0.2, -0.15) is 4.31 Å². The monoisotopic (exact) mass is 324 g/mol. The third kappa shape index (κ3) is 3.25. The van der Waals surface area contributed by atoms with E-state index in [2.05, 4.69) is 15.3 Å². The molecule has 2 heterocycles. The van der Waals surface area contributed by atoms with Crippen LogP contribution < -0.4 is 5.32 Å². The lowest BCUT2D eigenvalue weighted by Crippen LogP contribution is -2.39. The first-order chi connectivity index (χ1) is 10.4. The summed E-state index contributed by atoms with van der Waals surface area (Å²) >= 11 is 0. The average Bonchev–Trinajstić information content (AvgIpc) is 2.93. The van der Waals surface area contributed by atoms with Gasteiger partial charge in [-0.25, -0.2) is 18.4 Å². The summed E-state index contributed by atoms with van der Waals surface area (Å²) in [5, 5.41) is 3.40. The Kier molecular flexibility index (Phi) is 4.36. The zero-order chi connectivity index (χ0) is 15.7. The van der Waals surface area contributed by atoms with Crippen molar-refractivity contribution in [1.29, 1.82) is 0 Å². The van der Waals surface area contributed by atoms with Gasteiger partial charge in [0.1, 0.15) is 11.6 Å². The van der Waals surface area contributed by atoms with Crippen LogP contribution >= 0.6 is 0 Å². The maximum absolute atomic E-state index is 11.8. The highest BCUT2D eigenvalue weighted by Crippen LogP contribution is 2.26. The summed E-state index contributed by atoms with van der Waals surface area (Å²) in [6.45, 7) is 3.17. The van der Waals surface area contributed by atoms with E-state index in [0.29, 0.717) is 13.1 Å². The van der Waals surface area contributed by atoms with Gasteiger partial charge in [0.2, 0.25) is 10.0 Å². The first-order valence-electron chi connectivity index (χ1n) is 8.02. The smallest absolute Gasteiger partial charge is 0.211 e. The fourth-order valence-corrected chi connectivity index (χ4v) is 4.71. The van der Waals surface area contributed by atoms with Crippen molar-refractivity contribution in [2.75, 3.05) is 24.7 Å². The largest absolute Gasteiger partial charge is 0.368 e. The number of sulfonamides is 1. The lowest BCUT2D eigenvalue weighted by Gasteiger charge is -2.24. The van der Waals surface area contributed by atoms with Crippen molar-refractivity contribution in [2.24, 2.45) is 0 Å². The van der Waals surface area contributed by atoms with Crippen molar-refractivity contribution in [2.45, 2.75) is 51.5 Å². The molecule has 22 heavy (non-hydrogen) atoms. The van der Waals surface area contributed by atoms with Crippen LogP contribution in [0.25, 0.3) is 0 Å². The molecule has 1 fully saturated rings. The van der Waals surface area contributed by atoms with Crippen molar-refractivity contribution < 1.29 is 8.42 Å². The highest BCUT2D eigenvalue weighted by molar-refractivity contribution is 7.88. The van der Waals surface area contributed by atoms with Gasteiger partial charge in [-0.05, 0) is 45.4 Å². The van der Waals surface area contributed by atoms with E-state index in [-0.39, 0.29) is 6.04 Å². The second kappa shape index (κ2) is 6.12. The number of hydrogen-bond acceptors (Lipinski definition) is 5. The van der Waals surface area contributed by atoms with Crippen molar-refractivity contribution in [1.82, 2.24) is 14.3 Å². The Morgan fingerprint density at radius 2 is 2.00 bits per heavy atom. The molecule has 0 amide bonds. The molecular formula is C15H24N4O2S. The number of fused-ring (bicyclic) bond motifs is 1. The Morgan fingerprint density at radius 3 is 2.77 bits per heavy atom. The third-order valence-electron chi connectivity index (χ3n) is 4.55. The molecule has 1 N–H and O–H groups in total. The molecule has 1 atom stereocenters. The van der Waals surface area contributed by atoms with Crippen LogP contribution in [-0.4, -0.2) is 48.1 Å². The Labute approximate surface area is 132 Å². The van der Waals surface area contributed by atoms with Crippen LogP contribution in [-0.2, 0) is 22.9 Å². The molecule has 122 valence electrons. The van der Waals surface area contributed by atoms with Gasteiger partial charge >= 0.3 is 0 Å². The fraction of sp³-hybridized carbons (Fsp3) is 0.733. The number of aryl methyl sites for hydroxylation is 2. The van der Waals surface area contributed by atoms with E-state index in [0.717, 1.165) is 43.0 Å². The van der Waals surface area contributed by atoms with E-state index in [4.69, 9.17) is 0 Å². The van der Waals surface area contributed by atoms with Gasteiger partial charge < -0.3 is 5.32 Å². The first-order valence-corrected chi connectivity index (χ1v) is 9.87. The molecule has 2 aliphatic rings. The standard InChI is InChI=1S/C15H24N4O2S/c1-11-17-14-8-4-3-7-13(14)15(18-11)16-10-12-6-5-9-19(12)22(2,20)21/h12H,3-10H2,1-2H3,(H,16,17,18)/t12-/m1/s1. The van der Waals surface area contributed by atoms with Crippen molar-refractivity contribution in [3.63, 3.8) is 0 Å². The molecular weight excluding hydrogens is 300 g/mol. The predicted molar refractivity (Wildman–Crippen MR) is 86.5 cm³/mol. The van der Waals surface area contributed by atoms with E-state index in [1.165, 1.54) is 24.7 Å². The molecule has 0 unspecified atom stereocenters. The van der Waals surface area contributed by atoms with Crippen molar-refractivity contribution >= 4 is 15.8 Å². The maximum atomic E-state index is 11.8. The molecule has 0 spiro atoms. The molecule has 6 nitrogen and oxygen atoms in total. The second-order valence-corrected chi connectivity index (χ2v) is 8.24. The molecule has 0 saturated carbocycles. The van der Waals surface area contributed by atoms with Gasteiger partial charge in [0.05, 0.1) is 6.26 Å². The summed E-state index contributed by atoms with van der Waals surface area (Å²) in [4.78, 5) is 9.10. The lowest BCUT2D eigenvalue weighted by atomic mass is 9.96. The minimum atomic E-state index is -3.12. The van der Waals surface area contributed by atoms with Crippen LogP contribution in [0.3, 0.4) is 0 Å². The van der Waals surface area contributed by atoms with Gasteiger partial charge in [-0.1, -0.05) is 0 Å². The van der Waals surface area contributed by atoms with E-state index in [1.807, 2.05) is 6.92 Å². The highest BCUT2D eigenvalue weighted by atomic mass is 32.2. The molecule has 1 aliphatic carbocycles. The lowest BCUT2D eigenvalue weighted by molar-refractivity contribution is 0.402. The summed E-state index contributed by atoms with van der Waals surface area (Å²) in [5.41, 5.74) is 2.38. The van der Waals surface area contributed by atoms with Crippen LogP contribution in [0.15, 0.2) is 0 Å². The molecule has 7 heteroatoms. The zero-order valence-corrected chi connectivity index (χ0v) is 14.1. The molecule has 0 radical (unpaired) electrons. The number of rotatable bonds is 4. The molecule has 0 aromatic carbocycles. The summed E-state index contributed by atoms with van der Waals surface area (Å²) < 4.78 is 25.2. The van der Waals surface area contributed by atoms with Gasteiger partial charge in [-0.15, -0.1) is 0 Å². The molecule has 3 rings (SSSR count). The number of anilines is 1. The van der Waals surface area contributed by atoms with E-state index in [1.54, 1.807) is 4.31 Å². The predicted octanol–water partition coefficient (Wildman–Crippen LogP) is 1.50. The van der Waals surface area contributed by atoms with Crippen LogP contribution in [0.1, 0.15) is 42.8 Å². The van der Waals surface area contributed by atoms with Crippen molar-refractivity contribution in [3.05, 3.63) is 17.1 Å². The summed E-state index contributed by atoms with van der Waals surface area (Å²) in [7, 11) is -3.12. The topological polar surface area (TPSA) is 75.2 Å². The van der Waals surface area contributed by atoms with Gasteiger partial charge in [0.25, 0.3) is 0 Å². The fourth-order valence-electron chi connectivity index (χ4n) is 3.53. The van der Waals surface area contributed by atoms with Crippen molar-refractivity contribution in [3.8, 4) is 0 Å². The normalized spacial score (nSPS) is 22.5. The Balaban J connectivity index is 1.75. The number of hydrogen-bond donors (Lipinski definition) is 1. The van der Waals surface area contributed by atoms with E-state index >= 15 is 0 Å². The Bertz CT molecular complexity index is 660. The summed E-state index contributed by atoms with van der Waals surface area (Å²) in [5.74, 6) is 1.69. The molecule has 1 aromatic rings. The molecule has 1 aliphatic heterocycles. The Hall–Kier alpha value is -1.21. The van der Waals surface area contributed by atoms with Crippen LogP contribution in [0.2, 0.25) is 0 Å². The summed E-state index contributed by atoms with van der Waals surface area (Å²) in [6, 6.07) is 0.0320. The van der Waals surface area contributed by atoms with E-state index in [9.17, 15) is 8.42 Å². The van der Waals surface area contributed by atoms with Gasteiger partial charge in [-0.3, -0.25) is 0 Å². The van der Waals surface area contributed by atoms with Gasteiger partial charge in [0, 0.05) is 30.4 Å². The minimum absolute atomic E-state index is 0.0320. The molecule has 1 saturated heterocycles. The molecule has 0 bridgehead atoms. The Morgan fingerprint density at radius 1 is 1.23 bits per heavy atom.